The molecule has 25 heavy (non-hydrogen) atoms. The Labute approximate surface area is 144 Å². The van der Waals surface area contributed by atoms with Crippen LogP contribution in [0.4, 0.5) is 5.69 Å². The van der Waals surface area contributed by atoms with E-state index in [-0.39, 0.29) is 11.4 Å². The molecule has 2 N–H and O–H groups in total. The van der Waals surface area contributed by atoms with Gasteiger partial charge in [0.15, 0.2) is 11.4 Å². The standard InChI is InChI=1S/C18H16N6O/c19-10-17-18(25)8-13-2-1-12(7-15(13)22-17)16-9-14(11-21-23-16)24-5-3-20-4-6-24/h1-2,7-9,11,20,25H,3-6H2. The third kappa shape index (κ3) is 2.95. The summed E-state index contributed by atoms with van der Waals surface area (Å²) in [6.45, 7) is 3.79. The molecular weight excluding hydrogens is 316 g/mol. The van der Waals surface area contributed by atoms with Crippen molar-refractivity contribution in [3.05, 3.63) is 42.2 Å². The summed E-state index contributed by atoms with van der Waals surface area (Å²) in [5.41, 5.74) is 3.33. The maximum atomic E-state index is 9.76. The van der Waals surface area contributed by atoms with Gasteiger partial charge >= 0.3 is 0 Å². The second kappa shape index (κ2) is 6.34. The number of hydrogen-bond acceptors (Lipinski definition) is 7. The number of anilines is 1. The Kier molecular flexibility index (Phi) is 3.88. The van der Waals surface area contributed by atoms with Gasteiger partial charge in [0.2, 0.25) is 0 Å². The molecule has 1 aromatic carbocycles. The quantitative estimate of drug-likeness (QED) is 0.736. The Morgan fingerprint density at radius 2 is 2.00 bits per heavy atom. The van der Waals surface area contributed by atoms with Crippen molar-refractivity contribution in [2.24, 2.45) is 0 Å². The van der Waals surface area contributed by atoms with Gasteiger partial charge in [0, 0.05) is 37.1 Å². The topological polar surface area (TPSA) is 98.0 Å². The molecule has 2 aromatic heterocycles. The van der Waals surface area contributed by atoms with E-state index in [0.717, 1.165) is 48.5 Å². The van der Waals surface area contributed by atoms with Crippen molar-refractivity contribution < 1.29 is 5.11 Å². The van der Waals surface area contributed by atoms with Crippen molar-refractivity contribution in [1.82, 2.24) is 20.5 Å². The Bertz CT molecular complexity index is 975. The minimum absolute atomic E-state index is 0.0188. The molecule has 0 bridgehead atoms. The molecule has 0 amide bonds. The summed E-state index contributed by atoms with van der Waals surface area (Å²) < 4.78 is 0. The lowest BCUT2D eigenvalue weighted by atomic mass is 10.1. The minimum atomic E-state index is -0.108. The number of pyridine rings is 1. The van der Waals surface area contributed by atoms with Crippen molar-refractivity contribution in [3.63, 3.8) is 0 Å². The monoisotopic (exact) mass is 332 g/mol. The molecule has 124 valence electrons. The van der Waals surface area contributed by atoms with Gasteiger partial charge in [-0.1, -0.05) is 12.1 Å². The van der Waals surface area contributed by atoms with Crippen LogP contribution in [0.2, 0.25) is 0 Å². The highest BCUT2D eigenvalue weighted by Crippen LogP contribution is 2.27. The number of rotatable bonds is 2. The van der Waals surface area contributed by atoms with Crippen molar-refractivity contribution in [3.8, 4) is 23.1 Å². The SMILES string of the molecule is N#Cc1nc2cc(-c3cc(N4CCNCC4)cnn3)ccc2cc1O. The van der Waals surface area contributed by atoms with Gasteiger partial charge in [-0.25, -0.2) is 4.98 Å². The first kappa shape index (κ1) is 15.3. The van der Waals surface area contributed by atoms with Gasteiger partial charge in [-0.15, -0.1) is 0 Å². The molecule has 0 atom stereocenters. The summed E-state index contributed by atoms with van der Waals surface area (Å²) in [4.78, 5) is 6.49. The van der Waals surface area contributed by atoms with Crippen LogP contribution in [-0.2, 0) is 0 Å². The number of fused-ring (bicyclic) bond motifs is 1. The fraction of sp³-hybridized carbons (Fsp3) is 0.222. The Balaban J connectivity index is 1.74. The molecule has 1 saturated heterocycles. The van der Waals surface area contributed by atoms with Crippen LogP contribution in [0.1, 0.15) is 5.69 Å². The highest BCUT2D eigenvalue weighted by Gasteiger charge is 2.13. The predicted molar refractivity (Wildman–Crippen MR) is 94.2 cm³/mol. The van der Waals surface area contributed by atoms with Crippen molar-refractivity contribution in [2.75, 3.05) is 31.1 Å². The second-order valence-electron chi connectivity index (χ2n) is 5.91. The van der Waals surface area contributed by atoms with Gasteiger partial charge in [-0.3, -0.25) is 0 Å². The van der Waals surface area contributed by atoms with E-state index >= 15 is 0 Å². The Morgan fingerprint density at radius 3 is 2.80 bits per heavy atom. The van der Waals surface area contributed by atoms with Gasteiger partial charge in [0.1, 0.15) is 6.07 Å². The number of nitriles is 1. The number of nitrogens with one attached hydrogen (secondary N) is 1. The summed E-state index contributed by atoms with van der Waals surface area (Å²) in [6, 6.07) is 11.1. The maximum absolute atomic E-state index is 9.76. The molecular formula is C18H16N6O. The van der Waals surface area contributed by atoms with Crippen LogP contribution in [0.5, 0.6) is 5.75 Å². The van der Waals surface area contributed by atoms with Crippen LogP contribution in [0, 0.1) is 11.3 Å². The van der Waals surface area contributed by atoms with Crippen molar-refractivity contribution in [2.45, 2.75) is 0 Å². The summed E-state index contributed by atoms with van der Waals surface area (Å²) in [7, 11) is 0. The molecule has 1 aliphatic heterocycles. The number of piperazine rings is 1. The van der Waals surface area contributed by atoms with E-state index in [2.05, 4.69) is 25.4 Å². The van der Waals surface area contributed by atoms with E-state index in [4.69, 9.17) is 5.26 Å². The second-order valence-corrected chi connectivity index (χ2v) is 5.91. The lowest BCUT2D eigenvalue weighted by molar-refractivity contribution is 0.472. The Hall–Kier alpha value is -3.24. The predicted octanol–water partition coefficient (Wildman–Crippen LogP) is 1.68. The van der Waals surface area contributed by atoms with E-state index in [0.29, 0.717) is 5.52 Å². The lowest BCUT2D eigenvalue weighted by Gasteiger charge is -2.29. The molecule has 4 rings (SSSR count). The number of benzene rings is 1. The largest absolute Gasteiger partial charge is 0.505 e. The summed E-state index contributed by atoms with van der Waals surface area (Å²) in [5.74, 6) is -0.108. The molecule has 0 unspecified atom stereocenters. The van der Waals surface area contributed by atoms with E-state index in [1.807, 2.05) is 30.3 Å². The lowest BCUT2D eigenvalue weighted by Crippen LogP contribution is -2.43. The molecule has 0 spiro atoms. The maximum Gasteiger partial charge on any atom is 0.182 e. The number of aromatic nitrogens is 3. The summed E-state index contributed by atoms with van der Waals surface area (Å²) >= 11 is 0. The van der Waals surface area contributed by atoms with Gasteiger partial charge in [-0.2, -0.15) is 15.5 Å². The molecule has 1 fully saturated rings. The Morgan fingerprint density at radius 1 is 1.16 bits per heavy atom. The molecule has 3 heterocycles. The van der Waals surface area contributed by atoms with E-state index < -0.39 is 0 Å². The summed E-state index contributed by atoms with van der Waals surface area (Å²) in [6.07, 6.45) is 1.78. The van der Waals surface area contributed by atoms with Crippen LogP contribution in [0.15, 0.2) is 36.5 Å². The van der Waals surface area contributed by atoms with Gasteiger partial charge in [-0.05, 0) is 18.2 Å². The highest BCUT2D eigenvalue weighted by molar-refractivity contribution is 5.85. The van der Waals surface area contributed by atoms with Crippen molar-refractivity contribution in [1.29, 1.82) is 5.26 Å². The molecule has 0 aliphatic carbocycles. The number of hydrogen-bond donors (Lipinski definition) is 2. The molecule has 3 aromatic rings. The third-order valence-corrected chi connectivity index (χ3v) is 4.32. The van der Waals surface area contributed by atoms with Crippen LogP contribution >= 0.6 is 0 Å². The zero-order chi connectivity index (χ0) is 17.2. The van der Waals surface area contributed by atoms with E-state index in [1.54, 1.807) is 12.3 Å². The molecule has 7 heteroatoms. The van der Waals surface area contributed by atoms with Gasteiger partial charge in [0.25, 0.3) is 0 Å². The van der Waals surface area contributed by atoms with E-state index in [9.17, 15) is 5.11 Å². The first-order valence-corrected chi connectivity index (χ1v) is 8.07. The minimum Gasteiger partial charge on any atom is -0.505 e. The average Bonchev–Trinajstić information content (AvgIpc) is 2.68. The zero-order valence-corrected chi connectivity index (χ0v) is 13.5. The van der Waals surface area contributed by atoms with E-state index in [1.165, 1.54) is 0 Å². The fourth-order valence-electron chi connectivity index (χ4n) is 2.99. The molecule has 1 aliphatic rings. The first-order valence-electron chi connectivity index (χ1n) is 8.07. The van der Waals surface area contributed by atoms with Crippen LogP contribution in [0.25, 0.3) is 22.2 Å². The smallest absolute Gasteiger partial charge is 0.182 e. The normalized spacial score (nSPS) is 14.4. The van der Waals surface area contributed by atoms with Gasteiger partial charge in [0.05, 0.1) is 23.1 Å². The fourth-order valence-corrected chi connectivity index (χ4v) is 2.99. The highest BCUT2D eigenvalue weighted by atomic mass is 16.3. The zero-order valence-electron chi connectivity index (χ0n) is 13.5. The van der Waals surface area contributed by atoms with Crippen LogP contribution in [-0.4, -0.2) is 46.5 Å². The number of nitrogens with zero attached hydrogens (tertiary/aromatic N) is 5. The summed E-state index contributed by atoms with van der Waals surface area (Å²) in [5, 5.41) is 31.3. The number of aromatic hydroxyl groups is 1. The average molecular weight is 332 g/mol. The molecule has 0 saturated carbocycles. The van der Waals surface area contributed by atoms with Crippen LogP contribution < -0.4 is 10.2 Å². The first-order chi connectivity index (χ1) is 12.2. The van der Waals surface area contributed by atoms with Gasteiger partial charge < -0.3 is 15.3 Å². The molecule has 7 nitrogen and oxygen atoms in total. The van der Waals surface area contributed by atoms with Crippen LogP contribution in [0.3, 0.4) is 0 Å². The van der Waals surface area contributed by atoms with Crippen molar-refractivity contribution >= 4 is 16.6 Å². The molecule has 0 radical (unpaired) electrons. The third-order valence-electron chi connectivity index (χ3n) is 4.32.